The van der Waals surface area contributed by atoms with E-state index in [-0.39, 0.29) is 5.70 Å². The third-order valence-electron chi connectivity index (χ3n) is 2.22. The van der Waals surface area contributed by atoms with E-state index >= 15 is 0 Å². The van der Waals surface area contributed by atoms with E-state index in [1.54, 1.807) is 6.92 Å². The quantitative estimate of drug-likeness (QED) is 0.507. The van der Waals surface area contributed by atoms with Gasteiger partial charge in [-0.1, -0.05) is 29.8 Å². The normalized spacial score (nSPS) is 12.6. The second-order valence-electron chi connectivity index (χ2n) is 3.82. The highest BCUT2D eigenvalue weighted by Gasteiger charge is 1.99. The summed E-state index contributed by atoms with van der Waals surface area (Å²) < 4.78 is 0. The number of halogens is 1. The maximum Gasteiger partial charge on any atom is 0.268 e. The third kappa shape index (κ3) is 4.83. The summed E-state index contributed by atoms with van der Waals surface area (Å²) in [6, 6.07) is 8.11. The molecule has 0 radical (unpaired) electrons. The highest BCUT2D eigenvalue weighted by atomic mass is 35.5. The van der Waals surface area contributed by atoms with Crippen LogP contribution >= 0.6 is 11.6 Å². The van der Waals surface area contributed by atoms with Gasteiger partial charge in [0, 0.05) is 5.71 Å². The molecule has 0 amide bonds. The Labute approximate surface area is 106 Å². The van der Waals surface area contributed by atoms with Gasteiger partial charge in [0.15, 0.2) is 0 Å². The van der Waals surface area contributed by atoms with Gasteiger partial charge < -0.3 is 5.73 Å². The summed E-state index contributed by atoms with van der Waals surface area (Å²) in [6.07, 6.45) is 1.48. The van der Waals surface area contributed by atoms with Crippen molar-refractivity contribution in [1.29, 1.82) is 0 Å². The minimum Gasteiger partial charge on any atom is -0.395 e. The van der Waals surface area contributed by atoms with E-state index in [2.05, 4.69) is 4.99 Å². The number of benzene rings is 1. The SMILES string of the molecule is CC(/C=C(\N)C(=O)Cl)=NCc1ccc(C)cc1. The molecule has 0 fully saturated rings. The zero-order chi connectivity index (χ0) is 12.8. The van der Waals surface area contributed by atoms with Crippen LogP contribution in [0.2, 0.25) is 0 Å². The van der Waals surface area contributed by atoms with Gasteiger partial charge in [-0.05, 0) is 37.1 Å². The molecule has 0 bridgehead atoms. The van der Waals surface area contributed by atoms with Gasteiger partial charge in [0.1, 0.15) is 0 Å². The molecule has 0 atom stereocenters. The number of carbonyl (C=O) groups excluding carboxylic acids is 1. The minimum absolute atomic E-state index is 0.0109. The first-order valence-corrected chi connectivity index (χ1v) is 5.60. The second-order valence-corrected chi connectivity index (χ2v) is 4.16. The van der Waals surface area contributed by atoms with Crippen molar-refractivity contribution in [2.24, 2.45) is 10.7 Å². The van der Waals surface area contributed by atoms with Crippen LogP contribution < -0.4 is 5.73 Å². The van der Waals surface area contributed by atoms with Crippen molar-refractivity contribution in [2.45, 2.75) is 20.4 Å². The van der Waals surface area contributed by atoms with Gasteiger partial charge in [0.25, 0.3) is 5.24 Å². The van der Waals surface area contributed by atoms with Crippen molar-refractivity contribution in [2.75, 3.05) is 0 Å². The van der Waals surface area contributed by atoms with E-state index in [1.165, 1.54) is 11.6 Å². The van der Waals surface area contributed by atoms with Crippen LogP contribution in [0.5, 0.6) is 0 Å². The van der Waals surface area contributed by atoms with E-state index < -0.39 is 5.24 Å². The molecule has 1 aromatic rings. The first kappa shape index (κ1) is 13.5. The van der Waals surface area contributed by atoms with Crippen LogP contribution in [0.15, 0.2) is 41.0 Å². The Morgan fingerprint density at radius 1 is 1.41 bits per heavy atom. The number of hydrogen-bond acceptors (Lipinski definition) is 3. The average Bonchev–Trinajstić information content (AvgIpc) is 2.28. The van der Waals surface area contributed by atoms with Crippen LogP contribution in [-0.4, -0.2) is 11.0 Å². The summed E-state index contributed by atoms with van der Waals surface area (Å²) in [5, 5.41) is -0.658. The summed E-state index contributed by atoms with van der Waals surface area (Å²) in [6.45, 7) is 4.38. The van der Waals surface area contributed by atoms with E-state index in [0.29, 0.717) is 12.3 Å². The smallest absolute Gasteiger partial charge is 0.268 e. The zero-order valence-corrected chi connectivity index (χ0v) is 10.7. The van der Waals surface area contributed by atoms with Gasteiger partial charge in [-0.25, -0.2) is 0 Å². The topological polar surface area (TPSA) is 55.5 Å². The van der Waals surface area contributed by atoms with Crippen LogP contribution in [-0.2, 0) is 11.3 Å². The van der Waals surface area contributed by atoms with Crippen LogP contribution in [0.3, 0.4) is 0 Å². The van der Waals surface area contributed by atoms with Gasteiger partial charge in [-0.3, -0.25) is 9.79 Å². The van der Waals surface area contributed by atoms with Crippen LogP contribution in [0.1, 0.15) is 18.1 Å². The van der Waals surface area contributed by atoms with Gasteiger partial charge in [0.05, 0.1) is 12.2 Å². The maximum absolute atomic E-state index is 10.7. The first-order chi connectivity index (χ1) is 7.99. The molecule has 0 spiro atoms. The fraction of sp³-hybridized carbons (Fsp3) is 0.231. The largest absolute Gasteiger partial charge is 0.395 e. The molecule has 1 rings (SSSR count). The third-order valence-corrected chi connectivity index (χ3v) is 2.44. The average molecular weight is 251 g/mol. The fourth-order valence-corrected chi connectivity index (χ4v) is 1.29. The lowest BCUT2D eigenvalue weighted by Crippen LogP contribution is -2.07. The number of hydrogen-bond donors (Lipinski definition) is 1. The molecule has 0 saturated heterocycles. The summed E-state index contributed by atoms with van der Waals surface area (Å²) in [4.78, 5) is 15.0. The lowest BCUT2D eigenvalue weighted by molar-refractivity contribution is -0.108. The van der Waals surface area contributed by atoms with Crippen molar-refractivity contribution >= 4 is 22.6 Å². The zero-order valence-electron chi connectivity index (χ0n) is 9.90. The molecular formula is C13H15ClN2O. The van der Waals surface area contributed by atoms with E-state index in [9.17, 15) is 4.79 Å². The predicted molar refractivity (Wildman–Crippen MR) is 71.1 cm³/mol. The minimum atomic E-state index is -0.658. The molecule has 1 aromatic carbocycles. The van der Waals surface area contributed by atoms with Crippen LogP contribution in [0.4, 0.5) is 0 Å². The molecule has 2 N–H and O–H groups in total. The fourth-order valence-electron chi connectivity index (χ4n) is 1.24. The lowest BCUT2D eigenvalue weighted by Gasteiger charge is -1.99. The molecule has 3 nitrogen and oxygen atoms in total. The highest BCUT2D eigenvalue weighted by Crippen LogP contribution is 2.05. The maximum atomic E-state index is 10.7. The number of nitrogens with two attached hydrogens (primary N) is 1. The molecular weight excluding hydrogens is 236 g/mol. The molecule has 4 heteroatoms. The molecule has 0 aliphatic heterocycles. The van der Waals surface area contributed by atoms with Gasteiger partial charge in [0.2, 0.25) is 0 Å². The number of rotatable bonds is 4. The Morgan fingerprint density at radius 2 is 2.00 bits per heavy atom. The standard InChI is InChI=1S/C13H15ClN2O/c1-9-3-5-11(6-4-9)8-16-10(2)7-12(15)13(14)17/h3-7H,8,15H2,1-2H3/b12-7-,16-10?. The van der Waals surface area contributed by atoms with Crippen molar-refractivity contribution in [3.63, 3.8) is 0 Å². The summed E-state index contributed by atoms with van der Waals surface area (Å²) in [5.74, 6) is 0. The van der Waals surface area contributed by atoms with Gasteiger partial charge >= 0.3 is 0 Å². The number of nitrogens with zero attached hydrogens (tertiary/aromatic N) is 1. The number of aryl methyl sites for hydroxylation is 1. The van der Waals surface area contributed by atoms with Crippen molar-refractivity contribution in [3.05, 3.63) is 47.2 Å². The molecule has 0 unspecified atom stereocenters. The monoisotopic (exact) mass is 250 g/mol. The molecule has 17 heavy (non-hydrogen) atoms. The molecule has 0 aliphatic carbocycles. The molecule has 90 valence electrons. The Kier molecular flexibility index (Phi) is 4.91. The van der Waals surface area contributed by atoms with E-state index in [0.717, 1.165) is 5.56 Å². The van der Waals surface area contributed by atoms with E-state index in [4.69, 9.17) is 17.3 Å². The van der Waals surface area contributed by atoms with E-state index in [1.807, 2.05) is 31.2 Å². The van der Waals surface area contributed by atoms with Crippen LogP contribution in [0, 0.1) is 6.92 Å². The Morgan fingerprint density at radius 3 is 2.53 bits per heavy atom. The summed E-state index contributed by atoms with van der Waals surface area (Å²) >= 11 is 5.22. The highest BCUT2D eigenvalue weighted by molar-refractivity contribution is 6.67. The Hall–Kier alpha value is -1.61. The van der Waals surface area contributed by atoms with Crippen molar-refractivity contribution in [3.8, 4) is 0 Å². The van der Waals surface area contributed by atoms with Crippen molar-refractivity contribution in [1.82, 2.24) is 0 Å². The second kappa shape index (κ2) is 6.21. The van der Waals surface area contributed by atoms with Gasteiger partial charge in [-0.15, -0.1) is 0 Å². The summed E-state index contributed by atoms with van der Waals surface area (Å²) in [7, 11) is 0. The summed E-state index contributed by atoms with van der Waals surface area (Å²) in [5.41, 5.74) is 8.42. The molecule has 0 heterocycles. The van der Waals surface area contributed by atoms with Crippen molar-refractivity contribution < 1.29 is 4.79 Å². The Balaban J connectivity index is 2.68. The Bertz CT molecular complexity index is 461. The lowest BCUT2D eigenvalue weighted by atomic mass is 10.1. The molecule has 0 saturated carbocycles. The number of carbonyl (C=O) groups is 1. The number of aliphatic imine (C=N–C) groups is 1. The predicted octanol–water partition coefficient (Wildman–Crippen LogP) is 2.56. The van der Waals surface area contributed by atoms with Crippen LogP contribution in [0.25, 0.3) is 0 Å². The molecule has 0 aliphatic rings. The molecule has 0 aromatic heterocycles. The van der Waals surface area contributed by atoms with Gasteiger partial charge in [-0.2, -0.15) is 0 Å². The number of allylic oxidation sites excluding steroid dienone is 2. The first-order valence-electron chi connectivity index (χ1n) is 5.22.